The van der Waals surface area contributed by atoms with Crippen LogP contribution in [0.3, 0.4) is 0 Å². The molecule has 0 aromatic carbocycles. The van der Waals surface area contributed by atoms with Crippen LogP contribution < -0.4 is 5.73 Å². The molecule has 0 saturated heterocycles. The van der Waals surface area contributed by atoms with Gasteiger partial charge in [0, 0.05) is 31.0 Å². The second-order valence-corrected chi connectivity index (χ2v) is 5.91. The topological polar surface area (TPSA) is 55.3 Å². The van der Waals surface area contributed by atoms with Crippen molar-refractivity contribution < 1.29 is 4.42 Å². The van der Waals surface area contributed by atoms with Crippen LogP contribution in [0.1, 0.15) is 37.0 Å². The molecule has 2 N–H and O–H groups in total. The van der Waals surface area contributed by atoms with Gasteiger partial charge in [-0.3, -0.25) is 9.88 Å². The van der Waals surface area contributed by atoms with E-state index >= 15 is 0 Å². The highest BCUT2D eigenvalue weighted by atomic mass is 16.3. The van der Waals surface area contributed by atoms with Gasteiger partial charge in [-0.05, 0) is 49.4 Å². The summed E-state index contributed by atoms with van der Waals surface area (Å²) in [6, 6.07) is 9.09. The van der Waals surface area contributed by atoms with Gasteiger partial charge in [-0.1, -0.05) is 6.07 Å². The van der Waals surface area contributed by atoms with Gasteiger partial charge >= 0.3 is 0 Å². The van der Waals surface area contributed by atoms with Crippen molar-refractivity contribution in [1.82, 2.24) is 9.88 Å². The van der Waals surface area contributed by atoms with Crippen LogP contribution in [-0.2, 0) is 13.1 Å². The van der Waals surface area contributed by atoms with Gasteiger partial charge in [0.1, 0.15) is 5.76 Å². The number of furan rings is 1. The average molecular weight is 285 g/mol. The van der Waals surface area contributed by atoms with Crippen molar-refractivity contribution in [2.45, 2.75) is 50.9 Å². The average Bonchev–Trinajstić information content (AvgIpc) is 3.01. The fourth-order valence-corrected chi connectivity index (χ4v) is 3.11. The monoisotopic (exact) mass is 285 g/mol. The Balaban J connectivity index is 1.71. The predicted octanol–water partition coefficient (Wildman–Crippen LogP) is 2.95. The summed E-state index contributed by atoms with van der Waals surface area (Å²) < 4.78 is 5.53. The first-order valence-corrected chi connectivity index (χ1v) is 7.72. The maximum atomic E-state index is 6.04. The molecule has 1 saturated carbocycles. The van der Waals surface area contributed by atoms with Gasteiger partial charge in [0.2, 0.25) is 0 Å². The molecule has 3 rings (SSSR count). The normalized spacial score (nSPS) is 22.6. The van der Waals surface area contributed by atoms with Gasteiger partial charge in [-0.25, -0.2) is 0 Å². The van der Waals surface area contributed by atoms with E-state index in [2.05, 4.69) is 16.0 Å². The zero-order valence-corrected chi connectivity index (χ0v) is 12.3. The largest absolute Gasteiger partial charge is 0.468 e. The van der Waals surface area contributed by atoms with Crippen LogP contribution in [0, 0.1) is 0 Å². The minimum atomic E-state index is 0.380. The lowest BCUT2D eigenvalue weighted by Crippen LogP contribution is -2.40. The molecule has 0 spiro atoms. The van der Waals surface area contributed by atoms with Crippen LogP contribution in [0.4, 0.5) is 0 Å². The predicted molar refractivity (Wildman–Crippen MR) is 82.4 cm³/mol. The highest BCUT2D eigenvalue weighted by Gasteiger charge is 2.25. The van der Waals surface area contributed by atoms with Crippen molar-refractivity contribution in [3.63, 3.8) is 0 Å². The van der Waals surface area contributed by atoms with E-state index in [4.69, 9.17) is 10.2 Å². The van der Waals surface area contributed by atoms with Crippen molar-refractivity contribution in [1.29, 1.82) is 0 Å². The first-order valence-electron chi connectivity index (χ1n) is 7.72. The van der Waals surface area contributed by atoms with Gasteiger partial charge < -0.3 is 10.2 Å². The molecular weight excluding hydrogens is 262 g/mol. The number of pyridine rings is 1. The van der Waals surface area contributed by atoms with Gasteiger partial charge in [-0.15, -0.1) is 0 Å². The number of nitrogens with two attached hydrogens (primary N) is 1. The molecule has 2 heterocycles. The zero-order chi connectivity index (χ0) is 14.5. The molecule has 21 heavy (non-hydrogen) atoms. The van der Waals surface area contributed by atoms with Crippen LogP contribution in [0.5, 0.6) is 0 Å². The van der Waals surface area contributed by atoms with E-state index in [9.17, 15) is 0 Å². The number of hydrogen-bond donors (Lipinski definition) is 1. The molecule has 2 aromatic rings. The fraction of sp³-hybridized carbons (Fsp3) is 0.471. The molecule has 1 aliphatic rings. The lowest BCUT2D eigenvalue weighted by Gasteiger charge is -2.35. The first kappa shape index (κ1) is 14.3. The van der Waals surface area contributed by atoms with E-state index in [0.29, 0.717) is 12.1 Å². The third-order valence-electron chi connectivity index (χ3n) is 4.31. The molecule has 4 nitrogen and oxygen atoms in total. The molecule has 112 valence electrons. The Kier molecular flexibility index (Phi) is 4.68. The second kappa shape index (κ2) is 6.87. The Labute approximate surface area is 126 Å². The van der Waals surface area contributed by atoms with Crippen molar-refractivity contribution in [3.05, 3.63) is 54.2 Å². The molecule has 0 bridgehead atoms. The molecule has 0 atom stereocenters. The Hall–Kier alpha value is -1.65. The first-order chi connectivity index (χ1) is 10.3. The summed E-state index contributed by atoms with van der Waals surface area (Å²) in [4.78, 5) is 6.72. The molecule has 0 aliphatic heterocycles. The number of aromatic nitrogens is 1. The third-order valence-corrected chi connectivity index (χ3v) is 4.31. The van der Waals surface area contributed by atoms with E-state index in [-0.39, 0.29) is 0 Å². The Morgan fingerprint density at radius 3 is 2.67 bits per heavy atom. The maximum Gasteiger partial charge on any atom is 0.117 e. The van der Waals surface area contributed by atoms with Gasteiger partial charge in [-0.2, -0.15) is 0 Å². The quantitative estimate of drug-likeness (QED) is 0.917. The molecular formula is C17H23N3O. The maximum absolute atomic E-state index is 6.04. The van der Waals surface area contributed by atoms with Crippen molar-refractivity contribution in [3.8, 4) is 0 Å². The molecule has 2 aromatic heterocycles. The number of rotatable bonds is 5. The molecule has 1 fully saturated rings. The van der Waals surface area contributed by atoms with Crippen molar-refractivity contribution in [2.75, 3.05) is 0 Å². The lowest BCUT2D eigenvalue weighted by atomic mass is 9.90. The van der Waals surface area contributed by atoms with Crippen molar-refractivity contribution >= 4 is 0 Å². The van der Waals surface area contributed by atoms with Crippen molar-refractivity contribution in [2.24, 2.45) is 5.73 Å². The van der Waals surface area contributed by atoms with E-state index in [1.807, 2.05) is 30.6 Å². The highest BCUT2D eigenvalue weighted by molar-refractivity contribution is 5.09. The molecule has 0 radical (unpaired) electrons. The van der Waals surface area contributed by atoms with E-state index in [1.165, 1.54) is 18.4 Å². The number of nitrogens with zero attached hydrogens (tertiary/aromatic N) is 2. The summed E-state index contributed by atoms with van der Waals surface area (Å²) in [5.74, 6) is 1.02. The second-order valence-electron chi connectivity index (χ2n) is 5.91. The molecule has 1 aliphatic carbocycles. The summed E-state index contributed by atoms with van der Waals surface area (Å²) in [5, 5.41) is 0. The Morgan fingerprint density at radius 2 is 2.00 bits per heavy atom. The summed E-state index contributed by atoms with van der Waals surface area (Å²) in [6.07, 6.45) is 10.1. The van der Waals surface area contributed by atoms with Gasteiger partial charge in [0.05, 0.1) is 12.8 Å². The minimum absolute atomic E-state index is 0.380. The highest BCUT2D eigenvalue weighted by Crippen LogP contribution is 2.25. The lowest BCUT2D eigenvalue weighted by molar-refractivity contribution is 0.124. The fourth-order valence-electron chi connectivity index (χ4n) is 3.11. The van der Waals surface area contributed by atoms with Crippen LogP contribution in [-0.4, -0.2) is 22.0 Å². The summed E-state index contributed by atoms with van der Waals surface area (Å²) in [7, 11) is 0. The van der Waals surface area contributed by atoms with Gasteiger partial charge in [0.15, 0.2) is 0 Å². The van der Waals surface area contributed by atoms with Crippen LogP contribution >= 0.6 is 0 Å². The molecule has 4 heteroatoms. The Bertz CT molecular complexity index is 518. The smallest absolute Gasteiger partial charge is 0.117 e. The minimum Gasteiger partial charge on any atom is -0.468 e. The van der Waals surface area contributed by atoms with Crippen LogP contribution in [0.2, 0.25) is 0 Å². The molecule has 0 unspecified atom stereocenters. The zero-order valence-electron chi connectivity index (χ0n) is 12.3. The third kappa shape index (κ3) is 3.93. The number of hydrogen-bond acceptors (Lipinski definition) is 4. The van der Waals surface area contributed by atoms with E-state index in [0.717, 1.165) is 31.7 Å². The SMILES string of the molecule is NC1CCC(N(Cc2cccnc2)Cc2ccco2)CC1. The van der Waals surface area contributed by atoms with Gasteiger partial charge in [0.25, 0.3) is 0 Å². The van der Waals surface area contributed by atoms with E-state index < -0.39 is 0 Å². The summed E-state index contributed by atoms with van der Waals surface area (Å²) in [6.45, 7) is 1.76. The van der Waals surface area contributed by atoms with Crippen LogP contribution in [0.25, 0.3) is 0 Å². The molecule has 0 amide bonds. The summed E-state index contributed by atoms with van der Waals surface area (Å²) in [5.41, 5.74) is 7.29. The standard InChI is InChI=1S/C17H23N3O/c18-15-5-7-16(8-6-15)20(13-17-4-2-10-21-17)12-14-3-1-9-19-11-14/h1-4,9-11,15-16H,5-8,12-13,18H2. The Morgan fingerprint density at radius 1 is 1.14 bits per heavy atom. The van der Waals surface area contributed by atoms with Crippen LogP contribution in [0.15, 0.2) is 47.3 Å². The summed E-state index contributed by atoms with van der Waals surface area (Å²) >= 11 is 0. The van der Waals surface area contributed by atoms with E-state index in [1.54, 1.807) is 6.26 Å².